The molecule has 0 saturated carbocycles. The van der Waals surface area contributed by atoms with Crippen LogP contribution in [-0.2, 0) is 0 Å². The van der Waals surface area contributed by atoms with Gasteiger partial charge in [-0.05, 0) is 49.7 Å². The van der Waals surface area contributed by atoms with Crippen LogP contribution in [0.3, 0.4) is 0 Å². The van der Waals surface area contributed by atoms with Gasteiger partial charge in [0.15, 0.2) is 0 Å². The molecule has 4 rings (SSSR count). The van der Waals surface area contributed by atoms with E-state index in [1.807, 2.05) is 25.3 Å². The summed E-state index contributed by atoms with van der Waals surface area (Å²) in [7, 11) is 0. The Bertz CT molecular complexity index is 1160. The minimum atomic E-state index is -0.150. The van der Waals surface area contributed by atoms with Crippen molar-refractivity contribution < 1.29 is 4.74 Å². The van der Waals surface area contributed by atoms with Gasteiger partial charge in [0.2, 0.25) is 0 Å². The van der Waals surface area contributed by atoms with Gasteiger partial charge in [-0.25, -0.2) is 4.98 Å². The molecule has 2 heterocycles. The number of nitriles is 1. The summed E-state index contributed by atoms with van der Waals surface area (Å²) in [5, 5.41) is 10.2. The van der Waals surface area contributed by atoms with Crippen molar-refractivity contribution in [3.8, 4) is 11.8 Å². The lowest BCUT2D eigenvalue weighted by Crippen LogP contribution is -2.17. The summed E-state index contributed by atoms with van der Waals surface area (Å²) in [5.41, 5.74) is 11.7. The minimum Gasteiger partial charge on any atom is -0.494 e. The van der Waals surface area contributed by atoms with E-state index in [0.29, 0.717) is 18.7 Å². The highest BCUT2D eigenvalue weighted by Gasteiger charge is 2.24. The molecule has 1 atom stereocenters. The van der Waals surface area contributed by atoms with E-state index in [2.05, 4.69) is 35.1 Å². The molecule has 6 nitrogen and oxygen atoms in total. The molecule has 0 amide bonds. The topological polar surface area (TPSA) is 104 Å². The van der Waals surface area contributed by atoms with Crippen LogP contribution in [0.4, 0.5) is 0 Å². The molecule has 0 aliphatic heterocycles. The van der Waals surface area contributed by atoms with Crippen LogP contribution >= 0.6 is 0 Å². The molecule has 27 heavy (non-hydrogen) atoms. The lowest BCUT2D eigenvalue weighted by Gasteiger charge is -2.19. The highest BCUT2D eigenvalue weighted by Crippen LogP contribution is 2.38. The number of nitrogens with zero attached hydrogens (tertiary/aromatic N) is 2. The summed E-state index contributed by atoms with van der Waals surface area (Å²) in [4.78, 5) is 11.4. The van der Waals surface area contributed by atoms with Crippen LogP contribution in [0.15, 0.2) is 36.5 Å². The number of imidazole rings is 1. The van der Waals surface area contributed by atoms with Gasteiger partial charge in [0.1, 0.15) is 11.6 Å². The molecular formula is C21H21N5O. The maximum absolute atomic E-state index is 9.13. The molecule has 0 bridgehead atoms. The molecule has 4 aromatic rings. The van der Waals surface area contributed by atoms with Crippen molar-refractivity contribution in [3.63, 3.8) is 0 Å². The van der Waals surface area contributed by atoms with Gasteiger partial charge in [-0.1, -0.05) is 0 Å². The number of ether oxygens (including phenoxy) is 1. The second-order valence-corrected chi connectivity index (χ2v) is 6.56. The third kappa shape index (κ3) is 2.82. The van der Waals surface area contributed by atoms with Gasteiger partial charge in [0.05, 0.1) is 35.2 Å². The van der Waals surface area contributed by atoms with Gasteiger partial charge in [0.25, 0.3) is 0 Å². The SMILES string of the molecule is CCOc1cc(C)c2[nH]ccc2c1C(CN)c1nc2ccc(C#N)cc2[nH]1. The summed E-state index contributed by atoms with van der Waals surface area (Å²) in [6.45, 7) is 5.00. The van der Waals surface area contributed by atoms with E-state index in [-0.39, 0.29) is 5.92 Å². The Morgan fingerprint density at radius 2 is 2.15 bits per heavy atom. The molecule has 0 fully saturated rings. The van der Waals surface area contributed by atoms with Crippen molar-refractivity contribution in [2.24, 2.45) is 5.73 Å². The largest absolute Gasteiger partial charge is 0.494 e. The second-order valence-electron chi connectivity index (χ2n) is 6.56. The van der Waals surface area contributed by atoms with Crippen LogP contribution in [0.5, 0.6) is 5.75 Å². The Morgan fingerprint density at radius 3 is 2.89 bits per heavy atom. The molecule has 0 aliphatic rings. The summed E-state index contributed by atoms with van der Waals surface area (Å²) < 4.78 is 5.96. The molecule has 0 spiro atoms. The van der Waals surface area contributed by atoms with Crippen LogP contribution in [0, 0.1) is 18.3 Å². The number of rotatable bonds is 5. The molecule has 0 saturated heterocycles. The third-order valence-corrected chi connectivity index (χ3v) is 4.89. The van der Waals surface area contributed by atoms with Crippen molar-refractivity contribution >= 4 is 21.9 Å². The third-order valence-electron chi connectivity index (χ3n) is 4.89. The lowest BCUT2D eigenvalue weighted by atomic mass is 9.92. The van der Waals surface area contributed by atoms with Gasteiger partial charge in [-0.15, -0.1) is 0 Å². The van der Waals surface area contributed by atoms with E-state index < -0.39 is 0 Å². The van der Waals surface area contributed by atoms with Crippen LogP contribution in [0.25, 0.3) is 21.9 Å². The Kier molecular flexibility index (Phi) is 4.30. The van der Waals surface area contributed by atoms with Crippen LogP contribution in [-0.4, -0.2) is 28.1 Å². The number of fused-ring (bicyclic) bond motifs is 2. The summed E-state index contributed by atoms with van der Waals surface area (Å²) in [6.07, 6.45) is 1.93. The fourth-order valence-electron chi connectivity index (χ4n) is 3.66. The van der Waals surface area contributed by atoms with E-state index in [1.165, 1.54) is 0 Å². The predicted molar refractivity (Wildman–Crippen MR) is 106 cm³/mol. The zero-order chi connectivity index (χ0) is 19.0. The molecule has 2 aromatic carbocycles. The first-order valence-corrected chi connectivity index (χ1v) is 8.99. The maximum Gasteiger partial charge on any atom is 0.124 e. The molecule has 6 heteroatoms. The minimum absolute atomic E-state index is 0.150. The van der Waals surface area contributed by atoms with E-state index in [1.54, 1.807) is 6.07 Å². The van der Waals surface area contributed by atoms with Crippen molar-refractivity contribution in [2.45, 2.75) is 19.8 Å². The van der Waals surface area contributed by atoms with Crippen molar-refractivity contribution in [2.75, 3.05) is 13.2 Å². The van der Waals surface area contributed by atoms with Gasteiger partial charge in [0, 0.05) is 29.2 Å². The Morgan fingerprint density at radius 1 is 1.30 bits per heavy atom. The van der Waals surface area contributed by atoms with E-state index in [9.17, 15) is 0 Å². The van der Waals surface area contributed by atoms with Crippen LogP contribution in [0.1, 0.15) is 35.4 Å². The molecular weight excluding hydrogens is 338 g/mol. The Balaban J connectivity index is 1.92. The summed E-state index contributed by atoms with van der Waals surface area (Å²) >= 11 is 0. The average molecular weight is 359 g/mol. The van der Waals surface area contributed by atoms with Crippen molar-refractivity contribution in [1.82, 2.24) is 15.0 Å². The Labute approximate surface area is 157 Å². The number of hydrogen-bond donors (Lipinski definition) is 3. The molecule has 2 aromatic heterocycles. The molecule has 4 N–H and O–H groups in total. The fraction of sp³-hybridized carbons (Fsp3) is 0.238. The van der Waals surface area contributed by atoms with Crippen LogP contribution < -0.4 is 10.5 Å². The predicted octanol–water partition coefficient (Wildman–Crippen LogP) is 3.71. The lowest BCUT2D eigenvalue weighted by molar-refractivity contribution is 0.335. The summed E-state index contributed by atoms with van der Waals surface area (Å²) in [6, 6.07) is 11.7. The number of aryl methyl sites for hydroxylation is 1. The molecule has 1 unspecified atom stereocenters. The zero-order valence-electron chi connectivity index (χ0n) is 15.3. The zero-order valence-corrected chi connectivity index (χ0v) is 15.3. The number of hydrogen-bond acceptors (Lipinski definition) is 4. The Hall–Kier alpha value is -3.30. The van der Waals surface area contributed by atoms with Gasteiger partial charge < -0.3 is 20.4 Å². The number of H-pyrrole nitrogens is 2. The molecule has 136 valence electrons. The van der Waals surface area contributed by atoms with Gasteiger partial charge >= 0.3 is 0 Å². The standard InChI is InChI=1S/C21H21N5O/c1-3-27-18-8-12(2)20-14(6-7-24-20)19(18)15(11-23)21-25-16-5-4-13(10-22)9-17(16)26-21/h4-9,15,24H,3,11,23H2,1-2H3,(H,25,26). The highest BCUT2D eigenvalue weighted by molar-refractivity contribution is 5.89. The van der Waals surface area contributed by atoms with Crippen molar-refractivity contribution in [1.29, 1.82) is 5.26 Å². The van der Waals surface area contributed by atoms with E-state index in [0.717, 1.165) is 44.6 Å². The fourth-order valence-corrected chi connectivity index (χ4v) is 3.66. The quantitative estimate of drug-likeness (QED) is 0.505. The smallest absolute Gasteiger partial charge is 0.124 e. The first-order chi connectivity index (χ1) is 13.2. The molecule has 0 radical (unpaired) electrons. The van der Waals surface area contributed by atoms with Gasteiger partial charge in [-0.2, -0.15) is 5.26 Å². The normalized spacial score (nSPS) is 12.4. The second kappa shape index (κ2) is 6.78. The summed E-state index contributed by atoms with van der Waals surface area (Å²) in [5.74, 6) is 1.45. The first-order valence-electron chi connectivity index (χ1n) is 8.99. The van der Waals surface area contributed by atoms with Gasteiger partial charge in [-0.3, -0.25) is 0 Å². The first kappa shape index (κ1) is 17.1. The number of nitrogens with one attached hydrogen (secondary N) is 2. The van der Waals surface area contributed by atoms with Crippen molar-refractivity contribution in [3.05, 3.63) is 59.0 Å². The number of aromatic amines is 2. The van der Waals surface area contributed by atoms with E-state index in [4.69, 9.17) is 20.7 Å². The number of benzene rings is 2. The highest BCUT2D eigenvalue weighted by atomic mass is 16.5. The number of aromatic nitrogens is 3. The maximum atomic E-state index is 9.13. The van der Waals surface area contributed by atoms with Crippen LogP contribution in [0.2, 0.25) is 0 Å². The average Bonchev–Trinajstić information content (AvgIpc) is 3.31. The monoisotopic (exact) mass is 359 g/mol. The molecule has 0 aliphatic carbocycles. The van der Waals surface area contributed by atoms with E-state index >= 15 is 0 Å². The number of nitrogens with two attached hydrogens (primary N) is 1.